The topological polar surface area (TPSA) is 175 Å². The molecule has 0 saturated carbocycles. The summed E-state index contributed by atoms with van der Waals surface area (Å²) >= 11 is 0. The van der Waals surface area contributed by atoms with Crippen LogP contribution in [0.5, 0.6) is 0 Å². The Morgan fingerprint density at radius 3 is 1.27 bits per heavy atom. The fraction of sp³-hybridized carbons (Fsp3) is 0.701. The molecule has 0 aromatic rings. The molecule has 1 fully saturated rings. The highest BCUT2D eigenvalue weighted by Gasteiger charge is 2.50. The molecule has 0 bridgehead atoms. The van der Waals surface area contributed by atoms with E-state index in [2.05, 4.69) is 118 Å². The van der Waals surface area contributed by atoms with E-state index in [-0.39, 0.29) is 25.9 Å². The molecule has 1 saturated heterocycles. The second-order valence-corrected chi connectivity index (χ2v) is 20.9. The van der Waals surface area contributed by atoms with E-state index in [1.54, 1.807) is 0 Å². The number of carboxylic acids is 1. The van der Waals surface area contributed by atoms with Crippen LogP contribution in [0.3, 0.4) is 0 Å². The average molecular weight is 1110 g/mol. The molecule has 450 valence electrons. The van der Waals surface area contributed by atoms with Gasteiger partial charge in [-0.25, -0.2) is 4.79 Å². The van der Waals surface area contributed by atoms with Gasteiger partial charge in [-0.05, 0) is 122 Å². The molecule has 0 aromatic heterocycles. The number of carbonyl (C=O) groups is 4. The Morgan fingerprint density at radius 1 is 0.430 bits per heavy atom. The highest BCUT2D eigenvalue weighted by Crippen LogP contribution is 2.26. The van der Waals surface area contributed by atoms with Crippen molar-refractivity contribution in [1.29, 1.82) is 0 Å². The third-order valence-electron chi connectivity index (χ3n) is 13.6. The number of carboxylic acid groups (broad SMARTS) is 1. The number of unbranched alkanes of at least 4 members (excludes halogenated alkanes) is 22. The maximum absolute atomic E-state index is 13.2. The number of esters is 3. The fourth-order valence-corrected chi connectivity index (χ4v) is 8.83. The molecule has 79 heavy (non-hydrogen) atoms. The van der Waals surface area contributed by atoms with E-state index in [1.807, 2.05) is 0 Å². The highest BCUT2D eigenvalue weighted by atomic mass is 16.7. The standard InChI is InChI=1S/C67H110O12/c1-4-7-10-13-16-19-22-25-28-29-30-31-34-35-38-41-44-47-50-53-59(68)75-56-58(77-60(69)54-51-48-45-42-39-36-32-26-23-20-17-14-11-8-5-2)57-76-67-65(63(72)62(71)64(79-67)66(73)74)78-61(70)55-52-49-46-43-40-37-33-27-24-21-18-15-12-9-6-3/h7,10,16,18-19,21,25-28,30-33,35,38,58,62-65,67,71-72H,4-6,8-9,11-15,17,20,22-24,29,34,36-37,39-57H2,1-3H3,(H,73,74)/b10-7-,19-16-,21-18-,28-25-,31-30-,32-26-,33-27-,38-35-. The summed E-state index contributed by atoms with van der Waals surface area (Å²) < 4.78 is 28.4. The van der Waals surface area contributed by atoms with Crippen LogP contribution in [0.15, 0.2) is 97.2 Å². The van der Waals surface area contributed by atoms with Crippen molar-refractivity contribution in [3.05, 3.63) is 97.2 Å². The van der Waals surface area contributed by atoms with Crippen molar-refractivity contribution in [1.82, 2.24) is 0 Å². The quantitative estimate of drug-likeness (QED) is 0.0228. The molecule has 12 nitrogen and oxygen atoms in total. The molecule has 12 heteroatoms. The van der Waals surface area contributed by atoms with Crippen LogP contribution in [0.2, 0.25) is 0 Å². The minimum atomic E-state index is -1.92. The monoisotopic (exact) mass is 1110 g/mol. The minimum Gasteiger partial charge on any atom is -0.479 e. The number of hydrogen-bond donors (Lipinski definition) is 3. The molecule has 0 amide bonds. The van der Waals surface area contributed by atoms with Gasteiger partial charge in [-0.15, -0.1) is 0 Å². The Bertz CT molecular complexity index is 1740. The highest BCUT2D eigenvalue weighted by molar-refractivity contribution is 5.74. The van der Waals surface area contributed by atoms with Crippen molar-refractivity contribution in [3.63, 3.8) is 0 Å². The Hall–Kier alpha value is -4.36. The summed E-state index contributed by atoms with van der Waals surface area (Å²) in [5, 5.41) is 31.5. The number of carbonyl (C=O) groups excluding carboxylic acids is 3. The molecular weight excluding hydrogens is 997 g/mol. The van der Waals surface area contributed by atoms with Crippen LogP contribution in [0.1, 0.15) is 252 Å². The van der Waals surface area contributed by atoms with Gasteiger partial charge in [-0.3, -0.25) is 14.4 Å². The van der Waals surface area contributed by atoms with Crippen LogP contribution in [0, 0.1) is 0 Å². The third-order valence-corrected chi connectivity index (χ3v) is 13.6. The van der Waals surface area contributed by atoms with E-state index in [0.29, 0.717) is 19.3 Å². The zero-order chi connectivity index (χ0) is 57.5. The zero-order valence-corrected chi connectivity index (χ0v) is 49.6. The normalized spacial score (nSPS) is 18.5. The van der Waals surface area contributed by atoms with Crippen LogP contribution in [-0.2, 0) is 42.9 Å². The van der Waals surface area contributed by atoms with Gasteiger partial charge in [0.05, 0.1) is 6.61 Å². The first kappa shape index (κ1) is 72.7. The summed E-state index contributed by atoms with van der Waals surface area (Å²) in [6.45, 7) is 5.81. The number of aliphatic hydroxyl groups is 2. The third kappa shape index (κ3) is 44.0. The van der Waals surface area contributed by atoms with Crippen molar-refractivity contribution in [2.75, 3.05) is 13.2 Å². The van der Waals surface area contributed by atoms with Crippen molar-refractivity contribution in [2.24, 2.45) is 0 Å². The van der Waals surface area contributed by atoms with Gasteiger partial charge < -0.3 is 39.0 Å². The number of ether oxygens (including phenoxy) is 5. The van der Waals surface area contributed by atoms with Crippen LogP contribution < -0.4 is 0 Å². The van der Waals surface area contributed by atoms with E-state index in [9.17, 15) is 34.5 Å². The molecular formula is C67H110O12. The van der Waals surface area contributed by atoms with Crippen molar-refractivity contribution in [2.45, 2.75) is 289 Å². The van der Waals surface area contributed by atoms with E-state index in [0.717, 1.165) is 135 Å². The van der Waals surface area contributed by atoms with E-state index < -0.39 is 67.3 Å². The van der Waals surface area contributed by atoms with Gasteiger partial charge in [-0.2, -0.15) is 0 Å². The Labute approximate surface area is 479 Å². The molecule has 0 spiro atoms. The van der Waals surface area contributed by atoms with Crippen molar-refractivity contribution >= 4 is 23.9 Å². The van der Waals surface area contributed by atoms with Gasteiger partial charge in [0.2, 0.25) is 0 Å². The fourth-order valence-electron chi connectivity index (χ4n) is 8.83. The molecule has 0 radical (unpaired) electrons. The second-order valence-electron chi connectivity index (χ2n) is 20.9. The number of allylic oxidation sites excluding steroid dienone is 16. The predicted molar refractivity (Wildman–Crippen MR) is 321 cm³/mol. The van der Waals surface area contributed by atoms with Crippen molar-refractivity contribution in [3.8, 4) is 0 Å². The summed E-state index contributed by atoms with van der Waals surface area (Å²) in [6, 6.07) is 0. The summed E-state index contributed by atoms with van der Waals surface area (Å²) in [6.07, 6.45) is 59.4. The summed E-state index contributed by atoms with van der Waals surface area (Å²) in [5.74, 6) is -3.19. The van der Waals surface area contributed by atoms with Gasteiger partial charge >= 0.3 is 23.9 Å². The first-order valence-electron chi connectivity index (χ1n) is 31.2. The SMILES string of the molecule is CC/C=C\C/C=C\C/C=C\C/C=C\C/C=C\CCCCCC(=O)OCC(COC1OC(C(=O)O)C(O)C(O)C1OC(=O)CCCCCCC/C=C\C/C=C\CCCCC)OC(=O)CCCCCCC/C=C\CCCCCCCC. The van der Waals surface area contributed by atoms with Gasteiger partial charge in [-0.1, -0.05) is 208 Å². The largest absolute Gasteiger partial charge is 0.479 e. The molecule has 0 aliphatic carbocycles. The molecule has 6 atom stereocenters. The molecule has 0 aromatic carbocycles. The molecule has 1 rings (SSSR count). The summed E-state index contributed by atoms with van der Waals surface area (Å²) in [4.78, 5) is 51.2. The van der Waals surface area contributed by atoms with Crippen LogP contribution >= 0.6 is 0 Å². The maximum Gasteiger partial charge on any atom is 0.335 e. The average Bonchev–Trinajstić information content (AvgIpc) is 3.46. The first-order valence-corrected chi connectivity index (χ1v) is 31.2. The zero-order valence-electron chi connectivity index (χ0n) is 49.6. The molecule has 6 unspecified atom stereocenters. The van der Waals surface area contributed by atoms with Gasteiger partial charge in [0, 0.05) is 19.3 Å². The Kier molecular flexibility index (Phi) is 49.9. The van der Waals surface area contributed by atoms with Crippen LogP contribution in [0.25, 0.3) is 0 Å². The Balaban J connectivity index is 2.72. The lowest BCUT2D eigenvalue weighted by molar-refractivity contribution is -0.301. The van der Waals surface area contributed by atoms with E-state index in [4.69, 9.17) is 23.7 Å². The Morgan fingerprint density at radius 2 is 0.797 bits per heavy atom. The lowest BCUT2D eigenvalue weighted by atomic mass is 9.98. The molecule has 1 aliphatic heterocycles. The first-order chi connectivity index (χ1) is 38.6. The van der Waals surface area contributed by atoms with Crippen molar-refractivity contribution < 1.29 is 58.2 Å². The minimum absolute atomic E-state index is 0.0365. The van der Waals surface area contributed by atoms with Gasteiger partial charge in [0.1, 0.15) is 18.8 Å². The van der Waals surface area contributed by atoms with Gasteiger partial charge in [0.15, 0.2) is 24.6 Å². The van der Waals surface area contributed by atoms with E-state index in [1.165, 1.54) is 57.8 Å². The number of aliphatic hydroxyl groups excluding tert-OH is 2. The molecule has 3 N–H and O–H groups in total. The number of aliphatic carboxylic acids is 1. The smallest absolute Gasteiger partial charge is 0.335 e. The number of hydrogen-bond acceptors (Lipinski definition) is 11. The summed E-state index contributed by atoms with van der Waals surface area (Å²) in [7, 11) is 0. The number of rotatable bonds is 52. The summed E-state index contributed by atoms with van der Waals surface area (Å²) in [5.41, 5.74) is 0. The predicted octanol–water partition coefficient (Wildman–Crippen LogP) is 16.5. The van der Waals surface area contributed by atoms with Crippen LogP contribution in [0.4, 0.5) is 0 Å². The molecule has 1 heterocycles. The molecule has 1 aliphatic rings. The lowest BCUT2D eigenvalue weighted by Gasteiger charge is -2.40. The lowest BCUT2D eigenvalue weighted by Crippen LogP contribution is -2.61. The van der Waals surface area contributed by atoms with Crippen LogP contribution in [-0.4, -0.2) is 89.2 Å². The van der Waals surface area contributed by atoms with Gasteiger partial charge in [0.25, 0.3) is 0 Å². The second kappa shape index (κ2) is 54.2. The van der Waals surface area contributed by atoms with E-state index >= 15 is 0 Å². The maximum atomic E-state index is 13.2.